The van der Waals surface area contributed by atoms with Crippen molar-refractivity contribution in [1.82, 2.24) is 9.97 Å². The van der Waals surface area contributed by atoms with Gasteiger partial charge in [-0.3, -0.25) is 0 Å². The van der Waals surface area contributed by atoms with E-state index in [0.29, 0.717) is 12.4 Å². The molecular formula is C12H22N4O. The van der Waals surface area contributed by atoms with Crippen molar-refractivity contribution in [1.29, 1.82) is 0 Å². The number of ether oxygens (including phenoxy) is 1. The molecule has 1 aromatic rings. The molecule has 17 heavy (non-hydrogen) atoms. The Morgan fingerprint density at radius 2 is 2.06 bits per heavy atom. The van der Waals surface area contributed by atoms with Crippen LogP contribution in [0.15, 0.2) is 6.33 Å². The van der Waals surface area contributed by atoms with Crippen LogP contribution in [-0.2, 0) is 0 Å². The molecule has 2 N–H and O–H groups in total. The van der Waals surface area contributed by atoms with Crippen molar-refractivity contribution < 1.29 is 4.74 Å². The summed E-state index contributed by atoms with van der Waals surface area (Å²) in [5.74, 6) is 1.51. The van der Waals surface area contributed by atoms with E-state index < -0.39 is 0 Å². The molecule has 0 bridgehead atoms. The quantitative estimate of drug-likeness (QED) is 0.835. The summed E-state index contributed by atoms with van der Waals surface area (Å²) >= 11 is 0. The number of anilines is 1. The van der Waals surface area contributed by atoms with Crippen molar-refractivity contribution in [3.05, 3.63) is 11.9 Å². The predicted molar refractivity (Wildman–Crippen MR) is 69.4 cm³/mol. The zero-order valence-corrected chi connectivity index (χ0v) is 11.3. The van der Waals surface area contributed by atoms with Gasteiger partial charge in [-0.15, -0.1) is 0 Å². The van der Waals surface area contributed by atoms with Gasteiger partial charge in [-0.1, -0.05) is 13.8 Å². The molecule has 0 atom stereocenters. The Labute approximate surface area is 103 Å². The molecule has 0 aliphatic carbocycles. The average Bonchev–Trinajstić information content (AvgIpc) is 2.28. The molecule has 0 unspecified atom stereocenters. The van der Waals surface area contributed by atoms with Crippen molar-refractivity contribution in [3.8, 4) is 5.88 Å². The minimum Gasteiger partial charge on any atom is -0.481 e. The molecule has 1 aromatic heterocycles. The molecule has 0 aromatic carbocycles. The standard InChI is InChI=1S/C12H22N4O/c1-9-10(14-8-15-11(9)17-5)16(4)7-12(2,3)6-13/h8H,6-7,13H2,1-5H3. The van der Waals surface area contributed by atoms with E-state index >= 15 is 0 Å². The molecule has 0 saturated carbocycles. The molecule has 0 spiro atoms. The third-order valence-corrected chi connectivity index (χ3v) is 2.78. The molecule has 0 fully saturated rings. The van der Waals surface area contributed by atoms with Gasteiger partial charge in [0.15, 0.2) is 0 Å². The second-order valence-electron chi connectivity index (χ2n) is 5.06. The van der Waals surface area contributed by atoms with Crippen LogP contribution in [0.2, 0.25) is 0 Å². The van der Waals surface area contributed by atoms with Crippen molar-refractivity contribution in [2.24, 2.45) is 11.1 Å². The Morgan fingerprint density at radius 1 is 1.41 bits per heavy atom. The van der Waals surface area contributed by atoms with Crippen LogP contribution in [0.25, 0.3) is 0 Å². The normalized spacial score (nSPS) is 11.4. The fourth-order valence-corrected chi connectivity index (χ4v) is 1.80. The van der Waals surface area contributed by atoms with Gasteiger partial charge in [0.05, 0.1) is 12.7 Å². The molecule has 0 radical (unpaired) electrons. The third-order valence-electron chi connectivity index (χ3n) is 2.78. The molecule has 0 amide bonds. The van der Waals surface area contributed by atoms with Gasteiger partial charge in [0.1, 0.15) is 12.1 Å². The fraction of sp³-hybridized carbons (Fsp3) is 0.667. The van der Waals surface area contributed by atoms with Gasteiger partial charge in [0.25, 0.3) is 0 Å². The van der Waals surface area contributed by atoms with E-state index in [0.717, 1.165) is 17.9 Å². The van der Waals surface area contributed by atoms with Crippen molar-refractivity contribution in [3.63, 3.8) is 0 Å². The Hall–Kier alpha value is -1.36. The van der Waals surface area contributed by atoms with Crippen LogP contribution in [0.5, 0.6) is 5.88 Å². The van der Waals surface area contributed by atoms with E-state index in [1.807, 2.05) is 14.0 Å². The Morgan fingerprint density at radius 3 is 2.59 bits per heavy atom. The number of nitrogens with two attached hydrogens (primary N) is 1. The fourth-order valence-electron chi connectivity index (χ4n) is 1.80. The van der Waals surface area contributed by atoms with Crippen LogP contribution in [0.3, 0.4) is 0 Å². The van der Waals surface area contributed by atoms with Crippen molar-refractivity contribution >= 4 is 5.82 Å². The largest absolute Gasteiger partial charge is 0.481 e. The summed E-state index contributed by atoms with van der Waals surface area (Å²) in [5, 5.41) is 0. The zero-order chi connectivity index (χ0) is 13.1. The highest BCUT2D eigenvalue weighted by Gasteiger charge is 2.20. The summed E-state index contributed by atoms with van der Waals surface area (Å²) in [7, 11) is 3.62. The lowest BCUT2D eigenvalue weighted by Crippen LogP contribution is -2.37. The minimum atomic E-state index is 0.0549. The van der Waals surface area contributed by atoms with Gasteiger partial charge < -0.3 is 15.4 Å². The number of rotatable bonds is 5. The molecule has 96 valence electrons. The maximum absolute atomic E-state index is 5.74. The third kappa shape index (κ3) is 3.30. The molecular weight excluding hydrogens is 216 g/mol. The SMILES string of the molecule is COc1ncnc(N(C)CC(C)(C)CN)c1C. The summed E-state index contributed by atoms with van der Waals surface area (Å²) in [6, 6.07) is 0. The van der Waals surface area contributed by atoms with E-state index in [1.54, 1.807) is 7.11 Å². The molecule has 1 heterocycles. The molecule has 0 aliphatic rings. The Balaban J connectivity index is 2.93. The van der Waals surface area contributed by atoms with E-state index in [9.17, 15) is 0 Å². The van der Waals surface area contributed by atoms with Gasteiger partial charge in [0, 0.05) is 13.6 Å². The lowest BCUT2D eigenvalue weighted by molar-refractivity contribution is 0.380. The predicted octanol–water partition coefficient (Wildman–Crippen LogP) is 1.21. The van der Waals surface area contributed by atoms with Crippen LogP contribution in [0, 0.1) is 12.3 Å². The highest BCUT2D eigenvalue weighted by atomic mass is 16.5. The van der Waals surface area contributed by atoms with Crippen LogP contribution < -0.4 is 15.4 Å². The Bertz CT molecular complexity index is 379. The molecule has 5 nitrogen and oxygen atoms in total. The summed E-state index contributed by atoms with van der Waals surface area (Å²) in [4.78, 5) is 10.5. The minimum absolute atomic E-state index is 0.0549. The van der Waals surface area contributed by atoms with Gasteiger partial charge in [-0.2, -0.15) is 0 Å². The zero-order valence-electron chi connectivity index (χ0n) is 11.3. The topological polar surface area (TPSA) is 64.3 Å². The summed E-state index contributed by atoms with van der Waals surface area (Å²) in [6.45, 7) is 7.71. The number of methoxy groups -OCH3 is 1. The first-order chi connectivity index (χ1) is 7.91. The second-order valence-corrected chi connectivity index (χ2v) is 5.06. The summed E-state index contributed by atoms with van der Waals surface area (Å²) in [6.07, 6.45) is 1.52. The lowest BCUT2D eigenvalue weighted by Gasteiger charge is -2.30. The van der Waals surface area contributed by atoms with E-state index in [2.05, 4.69) is 28.7 Å². The number of nitrogens with zero attached hydrogens (tertiary/aromatic N) is 3. The lowest BCUT2D eigenvalue weighted by atomic mass is 9.93. The maximum Gasteiger partial charge on any atom is 0.221 e. The van der Waals surface area contributed by atoms with Crippen LogP contribution in [-0.4, -0.2) is 37.2 Å². The molecule has 0 aliphatic heterocycles. The first-order valence-corrected chi connectivity index (χ1v) is 5.68. The van der Waals surface area contributed by atoms with E-state index in [1.165, 1.54) is 6.33 Å². The summed E-state index contributed by atoms with van der Waals surface area (Å²) in [5.41, 5.74) is 6.75. The molecule has 1 rings (SSSR count). The first kappa shape index (κ1) is 13.7. The average molecular weight is 238 g/mol. The van der Waals surface area contributed by atoms with Crippen LogP contribution >= 0.6 is 0 Å². The second kappa shape index (κ2) is 5.31. The Kier molecular flexibility index (Phi) is 4.28. The maximum atomic E-state index is 5.74. The number of aromatic nitrogens is 2. The van der Waals surface area contributed by atoms with Gasteiger partial charge >= 0.3 is 0 Å². The van der Waals surface area contributed by atoms with Crippen molar-refractivity contribution in [2.75, 3.05) is 32.1 Å². The number of hydrogen-bond acceptors (Lipinski definition) is 5. The van der Waals surface area contributed by atoms with E-state index in [4.69, 9.17) is 10.5 Å². The smallest absolute Gasteiger partial charge is 0.221 e. The van der Waals surface area contributed by atoms with Crippen molar-refractivity contribution in [2.45, 2.75) is 20.8 Å². The van der Waals surface area contributed by atoms with Crippen LogP contribution in [0.4, 0.5) is 5.82 Å². The summed E-state index contributed by atoms with van der Waals surface area (Å²) < 4.78 is 5.19. The first-order valence-electron chi connectivity index (χ1n) is 5.68. The highest BCUT2D eigenvalue weighted by Crippen LogP contribution is 2.25. The highest BCUT2D eigenvalue weighted by molar-refractivity contribution is 5.49. The monoisotopic (exact) mass is 238 g/mol. The van der Waals surface area contributed by atoms with Gasteiger partial charge in [-0.25, -0.2) is 9.97 Å². The van der Waals surface area contributed by atoms with Gasteiger partial charge in [-0.05, 0) is 18.9 Å². The molecule has 0 saturated heterocycles. The van der Waals surface area contributed by atoms with E-state index in [-0.39, 0.29) is 5.41 Å². The number of hydrogen-bond donors (Lipinski definition) is 1. The van der Waals surface area contributed by atoms with Gasteiger partial charge in [0.2, 0.25) is 5.88 Å². The van der Waals surface area contributed by atoms with Crippen LogP contribution in [0.1, 0.15) is 19.4 Å². The molecule has 5 heteroatoms.